The monoisotopic (exact) mass is 436 g/mol. The van der Waals surface area contributed by atoms with Crippen molar-refractivity contribution >= 4 is 29.1 Å². The molecule has 0 aliphatic carbocycles. The van der Waals surface area contributed by atoms with Crippen LogP contribution in [0.3, 0.4) is 0 Å². The molecule has 0 unspecified atom stereocenters. The minimum absolute atomic E-state index is 0.143. The minimum atomic E-state index is -1.38. The second-order valence-electron chi connectivity index (χ2n) is 7.26. The van der Waals surface area contributed by atoms with Crippen molar-refractivity contribution in [2.24, 2.45) is 0 Å². The number of hydrogen-bond acceptors (Lipinski definition) is 6. The maximum atomic E-state index is 12.9. The second-order valence-corrected chi connectivity index (χ2v) is 9.05. The van der Waals surface area contributed by atoms with Crippen molar-refractivity contribution in [1.82, 2.24) is 0 Å². The molecule has 5 nitrogen and oxygen atoms in total. The largest absolute Gasteiger partial charge is 0.395 e. The third-order valence-electron chi connectivity index (χ3n) is 5.31. The van der Waals surface area contributed by atoms with Crippen molar-refractivity contribution in [1.29, 1.82) is 0 Å². The van der Waals surface area contributed by atoms with E-state index in [1.54, 1.807) is 18.2 Å². The van der Waals surface area contributed by atoms with Gasteiger partial charge in [0.25, 0.3) is 0 Å². The highest BCUT2D eigenvalue weighted by Gasteiger charge is 2.43. The van der Waals surface area contributed by atoms with Crippen molar-refractivity contribution in [3.05, 3.63) is 69.7 Å². The molecule has 1 fully saturated rings. The molecule has 2 aromatic rings. The molecule has 29 heavy (non-hydrogen) atoms. The molecule has 7 heteroatoms. The molecule has 1 heterocycles. The van der Waals surface area contributed by atoms with Crippen LogP contribution in [0.4, 0.5) is 0 Å². The molecule has 3 rings (SSSR count). The van der Waals surface area contributed by atoms with E-state index in [-0.39, 0.29) is 18.8 Å². The van der Waals surface area contributed by atoms with Gasteiger partial charge in [-0.2, -0.15) is 0 Å². The molecule has 0 amide bonds. The van der Waals surface area contributed by atoms with Crippen molar-refractivity contribution in [3.8, 4) is 0 Å². The van der Waals surface area contributed by atoms with Gasteiger partial charge in [-0.3, -0.25) is 4.79 Å². The highest BCUT2D eigenvalue weighted by atomic mass is 35.5. The van der Waals surface area contributed by atoms with E-state index in [0.29, 0.717) is 16.1 Å². The summed E-state index contributed by atoms with van der Waals surface area (Å²) in [6, 6.07) is 12.8. The average molecular weight is 437 g/mol. The van der Waals surface area contributed by atoms with Gasteiger partial charge < -0.3 is 20.4 Å². The molecule has 0 spiro atoms. The Morgan fingerprint density at radius 1 is 1.00 bits per heavy atom. The Labute approximate surface area is 179 Å². The lowest BCUT2D eigenvalue weighted by molar-refractivity contribution is -0.0700. The predicted molar refractivity (Wildman–Crippen MR) is 115 cm³/mol. The van der Waals surface area contributed by atoms with Crippen LogP contribution in [0.2, 0.25) is 5.02 Å². The molecule has 0 radical (unpaired) electrons. The average Bonchev–Trinajstić information content (AvgIpc) is 2.73. The number of benzene rings is 2. The number of rotatable bonds is 6. The zero-order valence-electron chi connectivity index (χ0n) is 16.0. The van der Waals surface area contributed by atoms with Gasteiger partial charge in [-0.05, 0) is 35.2 Å². The van der Waals surface area contributed by atoms with Gasteiger partial charge in [0.1, 0.15) is 6.10 Å². The molecule has 0 aromatic heterocycles. The van der Waals surface area contributed by atoms with Gasteiger partial charge in [0.15, 0.2) is 5.78 Å². The fourth-order valence-corrected chi connectivity index (χ4v) is 5.12. The van der Waals surface area contributed by atoms with Crippen molar-refractivity contribution in [2.75, 3.05) is 6.61 Å². The van der Waals surface area contributed by atoms with Crippen LogP contribution >= 0.6 is 23.4 Å². The molecule has 1 aliphatic rings. The van der Waals surface area contributed by atoms with Gasteiger partial charge in [-0.25, -0.2) is 0 Å². The van der Waals surface area contributed by atoms with Gasteiger partial charge >= 0.3 is 0 Å². The minimum Gasteiger partial charge on any atom is -0.395 e. The molecular formula is C22H25ClO5S. The van der Waals surface area contributed by atoms with E-state index in [4.69, 9.17) is 11.6 Å². The number of Topliss-reactive ketones (excluding diaryl/α,β-unsaturated/α-hetero) is 1. The molecule has 2 aromatic carbocycles. The summed E-state index contributed by atoms with van der Waals surface area (Å²) in [5.41, 5.74) is 3.04. The summed E-state index contributed by atoms with van der Waals surface area (Å²) in [5.74, 6) is -0.143. The van der Waals surface area contributed by atoms with E-state index in [2.05, 4.69) is 6.92 Å². The quantitative estimate of drug-likeness (QED) is 0.519. The highest BCUT2D eigenvalue weighted by Crippen LogP contribution is 2.43. The third-order valence-corrected chi connectivity index (χ3v) is 7.26. The van der Waals surface area contributed by atoms with E-state index in [0.717, 1.165) is 12.0 Å². The summed E-state index contributed by atoms with van der Waals surface area (Å²) in [5, 5.41) is 39.1. The summed E-state index contributed by atoms with van der Waals surface area (Å²) in [6.07, 6.45) is -2.71. The number of carbonyl (C=O) groups is 1. The SMILES string of the molecule is CCc1ccc(CC(=O)c2cc([C@@H]3S[C@H](CO)[C@@H](O)[C@H](O)[C@H]3O)ccc2Cl)cc1. The Bertz CT molecular complexity index is 855. The van der Waals surface area contributed by atoms with Gasteiger partial charge in [0.05, 0.1) is 34.3 Å². The first-order valence-corrected chi connectivity index (χ1v) is 10.9. The zero-order valence-corrected chi connectivity index (χ0v) is 17.6. The normalized spacial score (nSPS) is 27.0. The first kappa shape index (κ1) is 22.3. The lowest BCUT2D eigenvalue weighted by atomic mass is 9.94. The summed E-state index contributed by atoms with van der Waals surface area (Å²) in [6.45, 7) is 1.74. The summed E-state index contributed by atoms with van der Waals surface area (Å²) < 4.78 is 0. The number of ketones is 1. The molecule has 0 bridgehead atoms. The Morgan fingerprint density at radius 2 is 1.66 bits per heavy atom. The fourth-order valence-electron chi connectivity index (χ4n) is 3.48. The zero-order chi connectivity index (χ0) is 21.1. The van der Waals surface area contributed by atoms with Crippen LogP contribution in [0, 0.1) is 0 Å². The van der Waals surface area contributed by atoms with E-state index in [1.165, 1.54) is 17.3 Å². The van der Waals surface area contributed by atoms with Crippen LogP contribution in [0.15, 0.2) is 42.5 Å². The smallest absolute Gasteiger partial charge is 0.168 e. The number of halogens is 1. The van der Waals surface area contributed by atoms with Crippen molar-refractivity contribution in [3.63, 3.8) is 0 Å². The molecular weight excluding hydrogens is 412 g/mol. The fraction of sp³-hybridized carbons (Fsp3) is 0.409. The predicted octanol–water partition coefficient (Wildman–Crippen LogP) is 2.56. The summed E-state index contributed by atoms with van der Waals surface area (Å²) in [4.78, 5) is 12.9. The van der Waals surface area contributed by atoms with Gasteiger partial charge in [0.2, 0.25) is 0 Å². The molecule has 1 saturated heterocycles. The first-order chi connectivity index (χ1) is 13.8. The Hall–Kier alpha value is -1.41. The number of thioether (sulfide) groups is 1. The second kappa shape index (κ2) is 9.60. The van der Waals surface area contributed by atoms with Gasteiger partial charge in [-0.15, -0.1) is 11.8 Å². The first-order valence-electron chi connectivity index (χ1n) is 9.56. The number of hydrogen-bond donors (Lipinski definition) is 4. The van der Waals surface area contributed by atoms with Crippen LogP contribution in [-0.2, 0) is 12.8 Å². The number of aliphatic hydroxyl groups is 4. The number of carbonyl (C=O) groups excluding carboxylic acids is 1. The van der Waals surface area contributed by atoms with Crippen LogP contribution < -0.4 is 0 Å². The number of aliphatic hydroxyl groups excluding tert-OH is 4. The Morgan fingerprint density at radius 3 is 2.28 bits per heavy atom. The van der Waals surface area contributed by atoms with Crippen molar-refractivity contribution < 1.29 is 25.2 Å². The number of aryl methyl sites for hydroxylation is 1. The molecule has 4 N–H and O–H groups in total. The standard InChI is InChI=1S/C22H25ClO5S/c1-2-12-3-5-13(6-4-12)9-17(25)15-10-14(7-8-16(15)23)22-21(28)20(27)19(26)18(11-24)29-22/h3-8,10,18-22,24,26-28H,2,9,11H2,1H3/t18-,19-,20+,21-,22+/m1/s1. The van der Waals surface area contributed by atoms with Crippen LogP contribution in [0.5, 0.6) is 0 Å². The maximum Gasteiger partial charge on any atom is 0.168 e. The molecule has 5 atom stereocenters. The highest BCUT2D eigenvalue weighted by molar-refractivity contribution is 8.00. The maximum absolute atomic E-state index is 12.9. The Kier molecular flexibility index (Phi) is 7.37. The molecule has 0 saturated carbocycles. The van der Waals surface area contributed by atoms with E-state index in [9.17, 15) is 25.2 Å². The lowest BCUT2D eigenvalue weighted by Crippen LogP contribution is -2.51. The molecule has 1 aliphatic heterocycles. The van der Waals surface area contributed by atoms with Crippen LogP contribution in [0.1, 0.15) is 39.2 Å². The van der Waals surface area contributed by atoms with Crippen LogP contribution in [0.25, 0.3) is 0 Å². The topological polar surface area (TPSA) is 98.0 Å². The van der Waals surface area contributed by atoms with Crippen molar-refractivity contribution in [2.45, 2.75) is 48.6 Å². The van der Waals surface area contributed by atoms with Gasteiger partial charge in [0, 0.05) is 12.0 Å². The van der Waals surface area contributed by atoms with E-state index in [1.807, 2.05) is 24.3 Å². The summed E-state index contributed by atoms with van der Waals surface area (Å²) in [7, 11) is 0. The lowest BCUT2D eigenvalue weighted by Gasteiger charge is -2.39. The third kappa shape index (κ3) is 4.85. The van der Waals surface area contributed by atoms with Crippen LogP contribution in [-0.4, -0.2) is 56.4 Å². The van der Waals surface area contributed by atoms with E-state index < -0.39 is 28.8 Å². The molecule has 156 valence electrons. The summed E-state index contributed by atoms with van der Waals surface area (Å²) >= 11 is 7.44. The Balaban J connectivity index is 1.84. The van der Waals surface area contributed by atoms with E-state index >= 15 is 0 Å². The van der Waals surface area contributed by atoms with Gasteiger partial charge in [-0.1, -0.05) is 48.9 Å².